The maximum absolute atomic E-state index is 9.91. The Morgan fingerprint density at radius 3 is 2.70 bits per heavy atom. The molecule has 106 valence electrons. The molecule has 0 saturated heterocycles. The van der Waals surface area contributed by atoms with Gasteiger partial charge in [-0.2, -0.15) is 4.98 Å². The Morgan fingerprint density at radius 2 is 2.10 bits per heavy atom. The maximum atomic E-state index is 9.91. The van der Waals surface area contributed by atoms with Crippen LogP contribution in [0.25, 0.3) is 11.5 Å². The Bertz CT molecular complexity index is 614. The molecule has 2 aromatic rings. The average Bonchev–Trinajstić information content (AvgIpc) is 2.89. The van der Waals surface area contributed by atoms with Gasteiger partial charge in [-0.3, -0.25) is 0 Å². The van der Waals surface area contributed by atoms with Gasteiger partial charge in [0, 0.05) is 7.11 Å². The monoisotopic (exact) mass is 276 g/mol. The number of aromatic nitrogens is 2. The number of benzene rings is 1. The van der Waals surface area contributed by atoms with Crippen LogP contribution in [0.3, 0.4) is 0 Å². The number of phenolic OH excluding ortho intramolecular Hbond substituents is 1. The van der Waals surface area contributed by atoms with E-state index in [1.54, 1.807) is 26.4 Å². The number of aromatic hydroxyl groups is 1. The van der Waals surface area contributed by atoms with E-state index < -0.39 is 5.60 Å². The lowest BCUT2D eigenvalue weighted by Gasteiger charge is -2.37. The molecule has 3 rings (SSSR count). The van der Waals surface area contributed by atoms with E-state index in [0.717, 1.165) is 19.3 Å². The minimum atomic E-state index is -0.434. The normalized spacial score (nSPS) is 16.7. The summed E-state index contributed by atoms with van der Waals surface area (Å²) in [7, 11) is 3.21. The summed E-state index contributed by atoms with van der Waals surface area (Å²) in [5.74, 6) is 1.48. The molecule has 0 aliphatic heterocycles. The largest absolute Gasteiger partial charge is 0.507 e. The van der Waals surface area contributed by atoms with Gasteiger partial charge in [0.15, 0.2) is 0 Å². The number of phenols is 1. The fourth-order valence-corrected chi connectivity index (χ4v) is 2.35. The van der Waals surface area contributed by atoms with Crippen molar-refractivity contribution in [3.63, 3.8) is 0 Å². The second-order valence-electron chi connectivity index (χ2n) is 4.86. The molecule has 1 aromatic heterocycles. The second-order valence-corrected chi connectivity index (χ2v) is 4.86. The van der Waals surface area contributed by atoms with Crippen molar-refractivity contribution >= 4 is 0 Å². The first-order chi connectivity index (χ1) is 9.68. The zero-order valence-electron chi connectivity index (χ0n) is 11.4. The van der Waals surface area contributed by atoms with Crippen molar-refractivity contribution in [3.05, 3.63) is 24.0 Å². The Morgan fingerprint density at radius 1 is 1.30 bits per heavy atom. The van der Waals surface area contributed by atoms with Gasteiger partial charge in [0.05, 0.1) is 12.7 Å². The summed E-state index contributed by atoms with van der Waals surface area (Å²) in [6, 6.07) is 4.86. The standard InChI is InChI=1S/C14H16N2O4/c1-18-9-4-5-11(17)10(8-9)12-15-13(16-20-12)14(19-2)6-3-7-14/h4-5,8,17H,3,6-7H2,1-2H3. The summed E-state index contributed by atoms with van der Waals surface area (Å²) in [4.78, 5) is 4.36. The van der Waals surface area contributed by atoms with Crippen LogP contribution in [-0.4, -0.2) is 29.5 Å². The third kappa shape index (κ3) is 1.92. The van der Waals surface area contributed by atoms with Crippen molar-refractivity contribution in [3.8, 4) is 23.0 Å². The molecule has 20 heavy (non-hydrogen) atoms. The summed E-state index contributed by atoms with van der Waals surface area (Å²) >= 11 is 0. The van der Waals surface area contributed by atoms with Gasteiger partial charge in [-0.05, 0) is 37.5 Å². The Hall–Kier alpha value is -2.08. The number of hydrogen-bond acceptors (Lipinski definition) is 6. The third-order valence-electron chi connectivity index (χ3n) is 3.82. The van der Waals surface area contributed by atoms with E-state index in [9.17, 15) is 5.11 Å². The van der Waals surface area contributed by atoms with Crippen molar-refractivity contribution in [2.45, 2.75) is 24.9 Å². The molecule has 0 amide bonds. The van der Waals surface area contributed by atoms with Gasteiger partial charge < -0.3 is 19.1 Å². The van der Waals surface area contributed by atoms with Crippen LogP contribution in [-0.2, 0) is 10.3 Å². The Kier molecular flexibility index (Phi) is 3.10. The highest BCUT2D eigenvalue weighted by molar-refractivity contribution is 5.64. The number of rotatable bonds is 4. The van der Waals surface area contributed by atoms with Crippen molar-refractivity contribution in [2.24, 2.45) is 0 Å². The lowest BCUT2D eigenvalue weighted by molar-refractivity contribution is -0.0858. The van der Waals surface area contributed by atoms with Gasteiger partial charge in [-0.15, -0.1) is 0 Å². The van der Waals surface area contributed by atoms with E-state index in [2.05, 4.69) is 10.1 Å². The first-order valence-corrected chi connectivity index (χ1v) is 6.45. The van der Waals surface area contributed by atoms with E-state index in [1.807, 2.05) is 0 Å². The zero-order chi connectivity index (χ0) is 14.2. The molecule has 1 aromatic carbocycles. The van der Waals surface area contributed by atoms with E-state index in [0.29, 0.717) is 17.1 Å². The molecule has 1 aliphatic carbocycles. The van der Waals surface area contributed by atoms with Crippen LogP contribution in [0.5, 0.6) is 11.5 Å². The highest BCUT2D eigenvalue weighted by Gasteiger charge is 2.43. The third-order valence-corrected chi connectivity index (χ3v) is 3.82. The topological polar surface area (TPSA) is 77.6 Å². The number of methoxy groups -OCH3 is 2. The van der Waals surface area contributed by atoms with E-state index in [4.69, 9.17) is 14.0 Å². The van der Waals surface area contributed by atoms with Crippen molar-refractivity contribution in [2.75, 3.05) is 14.2 Å². The Balaban J connectivity index is 1.98. The number of hydrogen-bond donors (Lipinski definition) is 1. The van der Waals surface area contributed by atoms with Crippen LogP contribution < -0.4 is 4.74 Å². The van der Waals surface area contributed by atoms with Crippen LogP contribution in [0.15, 0.2) is 22.7 Å². The van der Waals surface area contributed by atoms with Crippen LogP contribution in [0.1, 0.15) is 25.1 Å². The smallest absolute Gasteiger partial charge is 0.261 e. The Labute approximate surface area is 116 Å². The molecular weight excluding hydrogens is 260 g/mol. The average molecular weight is 276 g/mol. The van der Waals surface area contributed by atoms with E-state index in [1.165, 1.54) is 6.07 Å². The van der Waals surface area contributed by atoms with Crippen LogP contribution in [0.2, 0.25) is 0 Å². The van der Waals surface area contributed by atoms with Gasteiger partial charge in [0.2, 0.25) is 5.82 Å². The predicted octanol–water partition coefficient (Wildman–Crippen LogP) is 2.48. The molecule has 0 spiro atoms. The van der Waals surface area contributed by atoms with E-state index >= 15 is 0 Å². The summed E-state index contributed by atoms with van der Waals surface area (Å²) in [6.07, 6.45) is 2.85. The van der Waals surface area contributed by atoms with Gasteiger partial charge in [0.25, 0.3) is 5.89 Å². The minimum Gasteiger partial charge on any atom is -0.507 e. The fraction of sp³-hybridized carbons (Fsp3) is 0.429. The number of ether oxygens (including phenoxy) is 2. The van der Waals surface area contributed by atoms with Crippen LogP contribution in [0.4, 0.5) is 0 Å². The lowest BCUT2D eigenvalue weighted by Crippen LogP contribution is -2.37. The van der Waals surface area contributed by atoms with Crippen LogP contribution >= 0.6 is 0 Å². The SMILES string of the molecule is COc1ccc(O)c(-c2nc(C3(OC)CCC3)no2)c1. The van der Waals surface area contributed by atoms with Gasteiger partial charge in [0.1, 0.15) is 17.1 Å². The minimum absolute atomic E-state index is 0.0704. The summed E-state index contributed by atoms with van der Waals surface area (Å²) < 4.78 is 15.9. The lowest BCUT2D eigenvalue weighted by atomic mass is 9.79. The van der Waals surface area contributed by atoms with E-state index in [-0.39, 0.29) is 11.6 Å². The molecule has 1 N–H and O–H groups in total. The first kappa shape index (κ1) is 12.9. The number of nitrogens with zero attached hydrogens (tertiary/aromatic N) is 2. The molecule has 6 nitrogen and oxygen atoms in total. The van der Waals surface area contributed by atoms with Crippen molar-refractivity contribution in [1.82, 2.24) is 10.1 Å². The zero-order valence-corrected chi connectivity index (χ0v) is 11.4. The fourth-order valence-electron chi connectivity index (χ4n) is 2.35. The van der Waals surface area contributed by atoms with Gasteiger partial charge in [-0.1, -0.05) is 5.16 Å². The molecule has 1 fully saturated rings. The van der Waals surface area contributed by atoms with Crippen molar-refractivity contribution < 1.29 is 19.1 Å². The molecule has 6 heteroatoms. The molecule has 0 bridgehead atoms. The molecule has 0 unspecified atom stereocenters. The molecule has 1 heterocycles. The maximum Gasteiger partial charge on any atom is 0.261 e. The molecule has 1 saturated carbocycles. The summed E-state index contributed by atoms with van der Waals surface area (Å²) in [5, 5.41) is 13.9. The summed E-state index contributed by atoms with van der Waals surface area (Å²) in [6.45, 7) is 0. The first-order valence-electron chi connectivity index (χ1n) is 6.45. The molecule has 1 aliphatic rings. The highest BCUT2D eigenvalue weighted by atomic mass is 16.5. The quantitative estimate of drug-likeness (QED) is 0.924. The second kappa shape index (κ2) is 4.79. The predicted molar refractivity (Wildman–Crippen MR) is 70.5 cm³/mol. The van der Waals surface area contributed by atoms with Gasteiger partial charge in [-0.25, -0.2) is 0 Å². The molecular formula is C14H16N2O4. The summed E-state index contributed by atoms with van der Waals surface area (Å²) in [5.41, 5.74) is 0.0182. The molecule has 0 atom stereocenters. The highest BCUT2D eigenvalue weighted by Crippen LogP contribution is 2.43. The molecule has 0 radical (unpaired) electrons. The van der Waals surface area contributed by atoms with Gasteiger partial charge >= 0.3 is 0 Å². The van der Waals surface area contributed by atoms with Crippen LogP contribution in [0, 0.1) is 0 Å². The van der Waals surface area contributed by atoms with Crippen molar-refractivity contribution in [1.29, 1.82) is 0 Å².